The molecule has 0 N–H and O–H groups in total. The van der Waals surface area contributed by atoms with Gasteiger partial charge in [-0.3, -0.25) is 4.98 Å². The Balaban J connectivity index is 2.81. The molecule has 2 aromatic rings. The molecule has 2 nitrogen and oxygen atoms in total. The van der Waals surface area contributed by atoms with Crippen LogP contribution in [0.1, 0.15) is 11.3 Å². The average molecular weight is 209 g/mol. The van der Waals surface area contributed by atoms with Crippen LogP contribution < -0.4 is 0 Å². The zero-order chi connectivity index (χ0) is 9.26. The van der Waals surface area contributed by atoms with Crippen LogP contribution >= 0.6 is 22.9 Å². The maximum Gasteiger partial charge on any atom is 0.101 e. The summed E-state index contributed by atoms with van der Waals surface area (Å²) < 4.78 is 1.02. The van der Waals surface area contributed by atoms with Crippen molar-refractivity contribution in [3.8, 4) is 6.07 Å². The Morgan fingerprint density at radius 3 is 3.15 bits per heavy atom. The van der Waals surface area contributed by atoms with Crippen LogP contribution in [0.2, 0.25) is 0 Å². The topological polar surface area (TPSA) is 36.7 Å². The summed E-state index contributed by atoms with van der Waals surface area (Å²) in [6, 6.07) is 3.99. The summed E-state index contributed by atoms with van der Waals surface area (Å²) in [5.41, 5.74) is 1.56. The number of pyridine rings is 1. The first-order chi connectivity index (χ1) is 6.36. The average Bonchev–Trinajstić information content (AvgIpc) is 2.60. The molecule has 2 heterocycles. The van der Waals surface area contributed by atoms with E-state index in [1.807, 2.05) is 11.4 Å². The van der Waals surface area contributed by atoms with Crippen molar-refractivity contribution in [1.82, 2.24) is 4.98 Å². The molecule has 0 spiro atoms. The normalized spacial score (nSPS) is 10.2. The van der Waals surface area contributed by atoms with Gasteiger partial charge in [-0.1, -0.05) is 0 Å². The van der Waals surface area contributed by atoms with Gasteiger partial charge in [-0.25, -0.2) is 0 Å². The van der Waals surface area contributed by atoms with Gasteiger partial charge in [-0.15, -0.1) is 22.9 Å². The van der Waals surface area contributed by atoms with Crippen LogP contribution in [0.25, 0.3) is 10.1 Å². The van der Waals surface area contributed by atoms with Crippen molar-refractivity contribution in [3.63, 3.8) is 0 Å². The number of nitriles is 1. The summed E-state index contributed by atoms with van der Waals surface area (Å²) in [5.74, 6) is 0.392. The molecular formula is C9H5ClN2S. The van der Waals surface area contributed by atoms with Gasteiger partial charge in [0.25, 0.3) is 0 Å². The molecule has 0 bridgehead atoms. The fraction of sp³-hybridized carbons (Fsp3) is 0.111. The number of aromatic nitrogens is 1. The first-order valence-electron chi connectivity index (χ1n) is 3.68. The second-order valence-electron chi connectivity index (χ2n) is 2.53. The molecule has 0 aromatic carbocycles. The number of alkyl halides is 1. The molecule has 0 aliphatic heterocycles. The second kappa shape index (κ2) is 3.33. The van der Waals surface area contributed by atoms with Gasteiger partial charge in [-0.2, -0.15) is 5.26 Å². The molecule has 0 aliphatic rings. The highest BCUT2D eigenvalue weighted by Gasteiger charge is 2.06. The Labute approximate surface area is 84.4 Å². The Morgan fingerprint density at radius 2 is 2.46 bits per heavy atom. The lowest BCUT2D eigenvalue weighted by atomic mass is 10.2. The summed E-state index contributed by atoms with van der Waals surface area (Å²) in [7, 11) is 0. The van der Waals surface area contributed by atoms with Crippen molar-refractivity contribution in [3.05, 3.63) is 28.9 Å². The van der Waals surface area contributed by atoms with E-state index in [1.54, 1.807) is 6.20 Å². The highest BCUT2D eigenvalue weighted by molar-refractivity contribution is 7.17. The molecule has 2 aromatic heterocycles. The van der Waals surface area contributed by atoms with Crippen molar-refractivity contribution in [2.75, 3.05) is 0 Å². The highest BCUT2D eigenvalue weighted by atomic mass is 35.5. The van der Waals surface area contributed by atoms with Crippen LogP contribution in [-0.2, 0) is 5.88 Å². The van der Waals surface area contributed by atoms with Crippen LogP contribution in [0.4, 0.5) is 0 Å². The zero-order valence-corrected chi connectivity index (χ0v) is 8.19. The number of nitrogens with zero attached hydrogens (tertiary/aromatic N) is 2. The third-order valence-corrected chi connectivity index (χ3v) is 3.11. The predicted octanol–water partition coefficient (Wildman–Crippen LogP) is 2.91. The molecule has 0 saturated heterocycles. The van der Waals surface area contributed by atoms with E-state index in [2.05, 4.69) is 11.1 Å². The van der Waals surface area contributed by atoms with Gasteiger partial charge in [-0.05, 0) is 6.07 Å². The lowest BCUT2D eigenvalue weighted by Gasteiger charge is -1.95. The van der Waals surface area contributed by atoms with Gasteiger partial charge in [0.15, 0.2) is 0 Å². The molecule has 0 unspecified atom stereocenters. The van der Waals surface area contributed by atoms with Gasteiger partial charge in [0.1, 0.15) is 6.07 Å². The van der Waals surface area contributed by atoms with E-state index in [0.717, 1.165) is 15.8 Å². The Hall–Kier alpha value is -1.11. The molecule has 2 rings (SSSR count). The standard InChI is InChI=1S/C9H5ClN2S/c10-3-8-9-7(1-2-12-8)6(4-11)5-13-9/h1-2,5H,3H2. The first kappa shape index (κ1) is 8.49. The van der Waals surface area contributed by atoms with E-state index < -0.39 is 0 Å². The molecule has 0 atom stereocenters. The fourth-order valence-electron chi connectivity index (χ4n) is 1.20. The van der Waals surface area contributed by atoms with Crippen LogP contribution in [0.15, 0.2) is 17.6 Å². The molecule has 0 amide bonds. The first-order valence-corrected chi connectivity index (χ1v) is 5.09. The third-order valence-electron chi connectivity index (χ3n) is 1.81. The Bertz CT molecular complexity index is 484. The van der Waals surface area contributed by atoms with Gasteiger partial charge in [0.05, 0.1) is 21.8 Å². The second-order valence-corrected chi connectivity index (χ2v) is 3.68. The summed E-state index contributed by atoms with van der Waals surface area (Å²) in [6.45, 7) is 0. The number of hydrogen-bond donors (Lipinski definition) is 0. The van der Waals surface area contributed by atoms with Crippen molar-refractivity contribution in [2.45, 2.75) is 5.88 Å². The van der Waals surface area contributed by atoms with E-state index in [-0.39, 0.29) is 0 Å². The highest BCUT2D eigenvalue weighted by Crippen LogP contribution is 2.27. The molecule has 0 fully saturated rings. The number of hydrogen-bond acceptors (Lipinski definition) is 3. The van der Waals surface area contributed by atoms with Crippen LogP contribution in [0, 0.1) is 11.3 Å². The van der Waals surface area contributed by atoms with E-state index in [9.17, 15) is 0 Å². The zero-order valence-electron chi connectivity index (χ0n) is 6.62. The van der Waals surface area contributed by atoms with Gasteiger partial charge < -0.3 is 0 Å². The van der Waals surface area contributed by atoms with Crippen LogP contribution in [0.5, 0.6) is 0 Å². The summed E-state index contributed by atoms with van der Waals surface area (Å²) in [5, 5.41) is 11.6. The molecule has 64 valence electrons. The van der Waals surface area contributed by atoms with Gasteiger partial charge in [0, 0.05) is 17.0 Å². The number of rotatable bonds is 1. The van der Waals surface area contributed by atoms with E-state index in [1.165, 1.54) is 11.3 Å². The van der Waals surface area contributed by atoms with Crippen molar-refractivity contribution < 1.29 is 0 Å². The maximum atomic E-state index is 8.79. The molecule has 0 aliphatic carbocycles. The molecule has 0 radical (unpaired) electrons. The maximum absolute atomic E-state index is 8.79. The fourth-order valence-corrected chi connectivity index (χ4v) is 2.46. The van der Waals surface area contributed by atoms with Crippen molar-refractivity contribution in [1.29, 1.82) is 5.26 Å². The summed E-state index contributed by atoms with van der Waals surface area (Å²) in [4.78, 5) is 4.14. The number of fused-ring (bicyclic) bond motifs is 1. The SMILES string of the molecule is N#Cc1csc2c(CCl)nccc12. The molecular weight excluding hydrogens is 204 g/mol. The van der Waals surface area contributed by atoms with Crippen molar-refractivity contribution in [2.24, 2.45) is 0 Å². The third kappa shape index (κ3) is 1.28. The van der Waals surface area contributed by atoms with E-state index >= 15 is 0 Å². The molecule has 0 saturated carbocycles. The minimum Gasteiger partial charge on any atom is -0.259 e. The van der Waals surface area contributed by atoms with Gasteiger partial charge in [0.2, 0.25) is 0 Å². The van der Waals surface area contributed by atoms with Crippen molar-refractivity contribution >= 4 is 33.0 Å². The quantitative estimate of drug-likeness (QED) is 0.676. The van der Waals surface area contributed by atoms with E-state index in [4.69, 9.17) is 16.9 Å². The Morgan fingerprint density at radius 1 is 1.62 bits per heavy atom. The predicted molar refractivity (Wildman–Crippen MR) is 53.9 cm³/mol. The lowest BCUT2D eigenvalue weighted by Crippen LogP contribution is -1.83. The monoisotopic (exact) mass is 208 g/mol. The van der Waals surface area contributed by atoms with E-state index in [0.29, 0.717) is 11.4 Å². The van der Waals surface area contributed by atoms with Crippen LogP contribution in [-0.4, -0.2) is 4.98 Å². The molecule has 4 heteroatoms. The number of halogens is 1. The minimum atomic E-state index is 0.392. The summed E-state index contributed by atoms with van der Waals surface area (Å²) in [6.07, 6.45) is 1.69. The molecule has 13 heavy (non-hydrogen) atoms. The minimum absolute atomic E-state index is 0.392. The Kier molecular flexibility index (Phi) is 2.17. The van der Waals surface area contributed by atoms with Gasteiger partial charge >= 0.3 is 0 Å². The summed E-state index contributed by atoms with van der Waals surface area (Å²) >= 11 is 7.24. The smallest absolute Gasteiger partial charge is 0.101 e. The largest absolute Gasteiger partial charge is 0.259 e. The number of thiophene rings is 1. The lowest BCUT2D eigenvalue weighted by molar-refractivity contribution is 1.21. The van der Waals surface area contributed by atoms with Crippen LogP contribution in [0.3, 0.4) is 0 Å².